The summed E-state index contributed by atoms with van der Waals surface area (Å²) in [5.41, 5.74) is 10.8. The molecule has 0 unspecified atom stereocenters. The maximum atomic E-state index is 5.38. The van der Waals surface area contributed by atoms with Gasteiger partial charge in [0.15, 0.2) is 0 Å². The summed E-state index contributed by atoms with van der Waals surface area (Å²) in [7, 11) is 0. The van der Waals surface area contributed by atoms with E-state index in [1.54, 1.807) is 0 Å². The molecule has 0 heterocycles. The molecule has 1 saturated carbocycles. The molecule has 0 aromatic carbocycles. The van der Waals surface area contributed by atoms with Gasteiger partial charge in [0.25, 0.3) is 0 Å². The van der Waals surface area contributed by atoms with Crippen molar-refractivity contribution < 1.29 is 0 Å². The van der Waals surface area contributed by atoms with Gasteiger partial charge in [-0.05, 0) is 12.3 Å². The fourth-order valence-corrected chi connectivity index (χ4v) is 1.11. The highest BCUT2D eigenvalue weighted by Gasteiger charge is 2.17. The molecule has 0 amide bonds. The quantitative estimate of drug-likeness (QED) is 0.511. The predicted molar refractivity (Wildman–Crippen MR) is 34.1 cm³/mol. The van der Waals surface area contributed by atoms with E-state index >= 15 is 0 Å². The molecule has 1 aliphatic rings. The maximum Gasteiger partial charge on any atom is 0.0523 e. The molecule has 1 aliphatic carbocycles. The summed E-state index contributed by atoms with van der Waals surface area (Å²) >= 11 is 0. The normalized spacial score (nSPS) is 21.4. The largest absolute Gasteiger partial charge is 0.316 e. The zero-order valence-electron chi connectivity index (χ0n) is 5.14. The molecule has 0 aliphatic heterocycles. The average molecular weight is 114 g/mol. The molecule has 0 aromatic heterocycles. The lowest BCUT2D eigenvalue weighted by molar-refractivity contribution is 0.278. The predicted octanol–water partition coefficient (Wildman–Crippen LogP) is 0.420. The van der Waals surface area contributed by atoms with Gasteiger partial charge in [0.05, 0.1) is 6.17 Å². The van der Waals surface area contributed by atoms with Crippen LogP contribution in [0.1, 0.15) is 25.7 Å². The molecule has 0 saturated heterocycles. The van der Waals surface area contributed by atoms with Crippen molar-refractivity contribution in [3.63, 3.8) is 0 Å². The Labute approximate surface area is 50.2 Å². The zero-order chi connectivity index (χ0) is 5.98. The van der Waals surface area contributed by atoms with E-state index < -0.39 is 0 Å². The lowest BCUT2D eigenvalue weighted by atomic mass is 9.82. The van der Waals surface area contributed by atoms with Gasteiger partial charge < -0.3 is 11.5 Å². The third-order valence-electron chi connectivity index (χ3n) is 1.83. The Morgan fingerprint density at radius 2 is 2.00 bits per heavy atom. The van der Waals surface area contributed by atoms with Gasteiger partial charge in [0.2, 0.25) is 0 Å². The fraction of sp³-hybridized carbons (Fsp3) is 1.00. The van der Waals surface area contributed by atoms with Gasteiger partial charge in [-0.1, -0.05) is 19.3 Å². The summed E-state index contributed by atoms with van der Waals surface area (Å²) in [6.07, 6.45) is 5.05. The summed E-state index contributed by atoms with van der Waals surface area (Å²) in [4.78, 5) is 0. The first-order valence-corrected chi connectivity index (χ1v) is 3.30. The first-order chi connectivity index (χ1) is 3.79. The zero-order valence-corrected chi connectivity index (χ0v) is 5.14. The Hall–Kier alpha value is -0.0800. The van der Waals surface area contributed by atoms with Crippen LogP contribution < -0.4 is 11.5 Å². The molecule has 2 nitrogen and oxygen atoms in total. The number of hydrogen-bond donors (Lipinski definition) is 2. The van der Waals surface area contributed by atoms with E-state index in [2.05, 4.69) is 0 Å². The molecule has 0 atom stereocenters. The summed E-state index contributed by atoms with van der Waals surface area (Å²) in [5.74, 6) is 0.856. The van der Waals surface area contributed by atoms with Gasteiger partial charge in [-0.3, -0.25) is 0 Å². The average Bonchev–Trinajstić information content (AvgIpc) is 1.55. The second-order valence-electron chi connectivity index (χ2n) is 2.70. The Morgan fingerprint density at radius 3 is 2.12 bits per heavy atom. The van der Waals surface area contributed by atoms with Crippen LogP contribution >= 0.6 is 0 Å². The Balaban J connectivity index is 2.01. The van der Waals surface area contributed by atoms with Crippen LogP contribution in [-0.2, 0) is 0 Å². The van der Waals surface area contributed by atoms with Crippen molar-refractivity contribution in [2.75, 3.05) is 0 Å². The van der Waals surface area contributed by atoms with Crippen LogP contribution in [0.2, 0.25) is 0 Å². The first-order valence-electron chi connectivity index (χ1n) is 3.30. The minimum atomic E-state index is -0.0692. The maximum absolute atomic E-state index is 5.38. The smallest absolute Gasteiger partial charge is 0.0523 e. The van der Waals surface area contributed by atoms with Gasteiger partial charge in [0, 0.05) is 0 Å². The SMILES string of the molecule is NC(N)CC1CCC1. The standard InChI is InChI=1S/C6H14N2/c7-6(8)4-5-2-1-3-5/h5-6H,1-4,7-8H2. The van der Waals surface area contributed by atoms with Crippen LogP contribution in [0.15, 0.2) is 0 Å². The van der Waals surface area contributed by atoms with Crippen LogP contribution in [0.5, 0.6) is 0 Å². The highest BCUT2D eigenvalue weighted by Crippen LogP contribution is 2.29. The minimum Gasteiger partial charge on any atom is -0.316 e. The summed E-state index contributed by atoms with van der Waals surface area (Å²) in [5, 5.41) is 0. The molecule has 0 radical (unpaired) electrons. The molecule has 4 N–H and O–H groups in total. The topological polar surface area (TPSA) is 52.0 Å². The Kier molecular flexibility index (Phi) is 1.86. The molecule has 1 fully saturated rings. The molecule has 0 bridgehead atoms. The molecule has 1 rings (SSSR count). The summed E-state index contributed by atoms with van der Waals surface area (Å²) < 4.78 is 0. The molecule has 0 spiro atoms. The lowest BCUT2D eigenvalue weighted by Gasteiger charge is -2.26. The molecule has 2 heteroatoms. The van der Waals surface area contributed by atoms with Crippen molar-refractivity contribution in [3.05, 3.63) is 0 Å². The third-order valence-corrected chi connectivity index (χ3v) is 1.83. The second kappa shape index (κ2) is 2.46. The van der Waals surface area contributed by atoms with E-state index in [0.717, 1.165) is 12.3 Å². The van der Waals surface area contributed by atoms with Crippen LogP contribution in [0.3, 0.4) is 0 Å². The number of hydrogen-bond acceptors (Lipinski definition) is 2. The van der Waals surface area contributed by atoms with Gasteiger partial charge >= 0.3 is 0 Å². The van der Waals surface area contributed by atoms with Crippen molar-refractivity contribution in [2.24, 2.45) is 17.4 Å². The van der Waals surface area contributed by atoms with Gasteiger partial charge in [-0.15, -0.1) is 0 Å². The summed E-state index contributed by atoms with van der Waals surface area (Å²) in [6.45, 7) is 0. The first kappa shape index (κ1) is 6.05. The van der Waals surface area contributed by atoms with E-state index in [9.17, 15) is 0 Å². The molecule has 0 aromatic rings. The van der Waals surface area contributed by atoms with Crippen LogP contribution in [0.25, 0.3) is 0 Å². The van der Waals surface area contributed by atoms with E-state index in [4.69, 9.17) is 11.5 Å². The molecular formula is C6H14N2. The van der Waals surface area contributed by atoms with E-state index in [1.165, 1.54) is 19.3 Å². The van der Waals surface area contributed by atoms with E-state index in [0.29, 0.717) is 0 Å². The van der Waals surface area contributed by atoms with Crippen molar-refractivity contribution in [1.29, 1.82) is 0 Å². The number of nitrogens with two attached hydrogens (primary N) is 2. The van der Waals surface area contributed by atoms with Crippen LogP contribution in [0, 0.1) is 5.92 Å². The van der Waals surface area contributed by atoms with Crippen molar-refractivity contribution in [1.82, 2.24) is 0 Å². The summed E-state index contributed by atoms with van der Waals surface area (Å²) in [6, 6.07) is 0. The third kappa shape index (κ3) is 1.46. The lowest BCUT2D eigenvalue weighted by Crippen LogP contribution is -2.34. The highest BCUT2D eigenvalue weighted by atomic mass is 14.8. The Bertz CT molecular complexity index is 66.9. The highest BCUT2D eigenvalue weighted by molar-refractivity contribution is 4.71. The van der Waals surface area contributed by atoms with Crippen LogP contribution in [0.4, 0.5) is 0 Å². The monoisotopic (exact) mass is 114 g/mol. The molecule has 48 valence electrons. The minimum absolute atomic E-state index is 0.0692. The number of rotatable bonds is 2. The van der Waals surface area contributed by atoms with Gasteiger partial charge in [-0.25, -0.2) is 0 Å². The van der Waals surface area contributed by atoms with Crippen LogP contribution in [-0.4, -0.2) is 6.17 Å². The van der Waals surface area contributed by atoms with Crippen molar-refractivity contribution in [3.8, 4) is 0 Å². The van der Waals surface area contributed by atoms with Gasteiger partial charge in [0.1, 0.15) is 0 Å². The van der Waals surface area contributed by atoms with Crippen molar-refractivity contribution in [2.45, 2.75) is 31.8 Å². The van der Waals surface area contributed by atoms with E-state index in [1.807, 2.05) is 0 Å². The van der Waals surface area contributed by atoms with E-state index in [-0.39, 0.29) is 6.17 Å². The molecule has 8 heavy (non-hydrogen) atoms. The van der Waals surface area contributed by atoms with Gasteiger partial charge in [-0.2, -0.15) is 0 Å². The van der Waals surface area contributed by atoms with Crippen molar-refractivity contribution >= 4 is 0 Å². The fourth-order valence-electron chi connectivity index (χ4n) is 1.11. The molecular weight excluding hydrogens is 100 g/mol. The Morgan fingerprint density at radius 1 is 1.38 bits per heavy atom. The second-order valence-corrected chi connectivity index (χ2v) is 2.70.